The molecular formula is C14H20ClNO2. The van der Waals surface area contributed by atoms with Crippen LogP contribution in [0.1, 0.15) is 17.5 Å². The van der Waals surface area contributed by atoms with Crippen LogP contribution in [0.3, 0.4) is 0 Å². The van der Waals surface area contributed by atoms with Crippen LogP contribution in [0.15, 0.2) is 12.1 Å². The lowest BCUT2D eigenvalue weighted by molar-refractivity contribution is 0.0374. The molecule has 0 atom stereocenters. The molecule has 0 amide bonds. The third-order valence-electron chi connectivity index (χ3n) is 3.37. The van der Waals surface area contributed by atoms with Crippen LogP contribution in [-0.2, 0) is 11.2 Å². The lowest BCUT2D eigenvalue weighted by Crippen LogP contribution is -2.36. The van der Waals surface area contributed by atoms with Crippen molar-refractivity contribution < 1.29 is 9.84 Å². The van der Waals surface area contributed by atoms with Crippen LogP contribution in [0, 0.1) is 6.92 Å². The molecule has 18 heavy (non-hydrogen) atoms. The number of phenolic OH excluding ortho intramolecular Hbond substituents is 1. The van der Waals surface area contributed by atoms with Gasteiger partial charge in [-0.25, -0.2) is 0 Å². The SMILES string of the molecule is Cc1cc(Cl)cc(CCCN2CCOCC2)c1O. The van der Waals surface area contributed by atoms with Crippen LogP contribution < -0.4 is 0 Å². The Hall–Kier alpha value is -0.770. The molecule has 0 spiro atoms. The third kappa shape index (κ3) is 3.61. The maximum atomic E-state index is 9.97. The van der Waals surface area contributed by atoms with Crippen LogP contribution in [0.25, 0.3) is 0 Å². The fraction of sp³-hybridized carbons (Fsp3) is 0.571. The number of benzene rings is 1. The fourth-order valence-electron chi connectivity index (χ4n) is 2.31. The summed E-state index contributed by atoms with van der Waals surface area (Å²) < 4.78 is 5.32. The Labute approximate surface area is 113 Å². The van der Waals surface area contributed by atoms with Crippen molar-refractivity contribution in [3.05, 3.63) is 28.3 Å². The highest BCUT2D eigenvalue weighted by Gasteiger charge is 2.11. The molecule has 0 saturated carbocycles. The molecule has 1 aliphatic heterocycles. The molecule has 0 bridgehead atoms. The largest absolute Gasteiger partial charge is 0.507 e. The van der Waals surface area contributed by atoms with Crippen LogP contribution in [0.2, 0.25) is 5.02 Å². The molecule has 4 heteroatoms. The first-order valence-electron chi connectivity index (χ1n) is 6.45. The van der Waals surface area contributed by atoms with Gasteiger partial charge in [-0.3, -0.25) is 4.90 Å². The van der Waals surface area contributed by atoms with Crippen molar-refractivity contribution in [1.82, 2.24) is 4.90 Å². The second-order valence-corrected chi connectivity index (χ2v) is 5.22. The lowest BCUT2D eigenvalue weighted by atomic mass is 10.0. The van der Waals surface area contributed by atoms with Gasteiger partial charge in [0.05, 0.1) is 13.2 Å². The topological polar surface area (TPSA) is 32.7 Å². The van der Waals surface area contributed by atoms with E-state index in [9.17, 15) is 5.11 Å². The van der Waals surface area contributed by atoms with Gasteiger partial charge >= 0.3 is 0 Å². The molecule has 1 fully saturated rings. The molecule has 1 heterocycles. The summed E-state index contributed by atoms with van der Waals surface area (Å²) in [6.07, 6.45) is 1.90. The van der Waals surface area contributed by atoms with E-state index in [-0.39, 0.29) is 0 Å². The highest BCUT2D eigenvalue weighted by molar-refractivity contribution is 6.30. The number of rotatable bonds is 4. The maximum absolute atomic E-state index is 9.97. The van der Waals surface area contributed by atoms with Gasteiger partial charge in [-0.15, -0.1) is 0 Å². The molecular weight excluding hydrogens is 250 g/mol. The number of morpholine rings is 1. The van der Waals surface area contributed by atoms with Crippen molar-refractivity contribution in [1.29, 1.82) is 0 Å². The summed E-state index contributed by atoms with van der Waals surface area (Å²) in [6.45, 7) is 6.63. The zero-order valence-electron chi connectivity index (χ0n) is 10.8. The molecule has 0 aromatic heterocycles. The van der Waals surface area contributed by atoms with E-state index in [2.05, 4.69) is 4.90 Å². The van der Waals surface area contributed by atoms with E-state index < -0.39 is 0 Å². The second kappa shape index (κ2) is 6.41. The Morgan fingerprint density at radius 2 is 2.06 bits per heavy atom. The highest BCUT2D eigenvalue weighted by atomic mass is 35.5. The van der Waals surface area contributed by atoms with Gasteiger partial charge < -0.3 is 9.84 Å². The molecule has 0 aliphatic carbocycles. The summed E-state index contributed by atoms with van der Waals surface area (Å²) in [7, 11) is 0. The van der Waals surface area contributed by atoms with Gasteiger partial charge in [0.1, 0.15) is 5.75 Å². The highest BCUT2D eigenvalue weighted by Crippen LogP contribution is 2.27. The van der Waals surface area contributed by atoms with Gasteiger partial charge in [0.15, 0.2) is 0 Å². The number of phenols is 1. The number of halogens is 1. The Bertz CT molecular complexity index is 403. The Kier molecular flexibility index (Phi) is 4.87. The summed E-state index contributed by atoms with van der Waals surface area (Å²) >= 11 is 6.01. The van der Waals surface area contributed by atoms with Gasteiger partial charge in [0.2, 0.25) is 0 Å². The van der Waals surface area contributed by atoms with Gasteiger partial charge in [-0.1, -0.05) is 11.6 Å². The molecule has 1 aromatic rings. The third-order valence-corrected chi connectivity index (χ3v) is 3.59. The molecule has 1 aromatic carbocycles. The normalized spacial score (nSPS) is 17.0. The van der Waals surface area contributed by atoms with E-state index in [4.69, 9.17) is 16.3 Å². The minimum atomic E-state index is 0.390. The van der Waals surface area contributed by atoms with Crippen LogP contribution in [0.4, 0.5) is 0 Å². The Balaban J connectivity index is 1.86. The molecule has 1 aliphatic rings. The van der Waals surface area contributed by atoms with Gasteiger partial charge in [-0.2, -0.15) is 0 Å². The number of hydrogen-bond acceptors (Lipinski definition) is 3. The summed E-state index contributed by atoms with van der Waals surface area (Å²) in [5.41, 5.74) is 1.80. The molecule has 2 rings (SSSR count). The first-order chi connectivity index (χ1) is 8.66. The van der Waals surface area contributed by atoms with E-state index in [1.54, 1.807) is 6.07 Å². The predicted octanol–water partition coefficient (Wildman–Crippen LogP) is 2.62. The fourth-order valence-corrected chi connectivity index (χ4v) is 2.61. The van der Waals surface area contributed by atoms with Gasteiger partial charge in [0.25, 0.3) is 0 Å². The molecule has 100 valence electrons. The quantitative estimate of drug-likeness (QED) is 0.912. The van der Waals surface area contributed by atoms with E-state index in [0.29, 0.717) is 10.8 Å². The van der Waals surface area contributed by atoms with Gasteiger partial charge in [-0.05, 0) is 49.6 Å². The maximum Gasteiger partial charge on any atom is 0.121 e. The second-order valence-electron chi connectivity index (χ2n) is 4.79. The van der Waals surface area contributed by atoms with Crippen molar-refractivity contribution in [2.75, 3.05) is 32.8 Å². The van der Waals surface area contributed by atoms with Crippen LogP contribution in [-0.4, -0.2) is 42.9 Å². The van der Waals surface area contributed by atoms with Crippen molar-refractivity contribution in [2.45, 2.75) is 19.8 Å². The number of nitrogens with zero attached hydrogens (tertiary/aromatic N) is 1. The molecule has 0 unspecified atom stereocenters. The first-order valence-corrected chi connectivity index (χ1v) is 6.82. The van der Waals surface area contributed by atoms with Crippen molar-refractivity contribution >= 4 is 11.6 Å². The number of ether oxygens (including phenoxy) is 1. The average molecular weight is 270 g/mol. The lowest BCUT2D eigenvalue weighted by Gasteiger charge is -2.26. The summed E-state index contributed by atoms with van der Waals surface area (Å²) in [5, 5.41) is 10.7. The monoisotopic (exact) mass is 269 g/mol. The molecule has 0 radical (unpaired) electrons. The number of aryl methyl sites for hydroxylation is 2. The van der Waals surface area contributed by atoms with Crippen molar-refractivity contribution in [2.24, 2.45) is 0 Å². The zero-order valence-corrected chi connectivity index (χ0v) is 11.5. The Morgan fingerprint density at radius 3 is 2.78 bits per heavy atom. The summed E-state index contributed by atoms with van der Waals surface area (Å²) in [6, 6.07) is 3.66. The Morgan fingerprint density at radius 1 is 1.33 bits per heavy atom. The smallest absolute Gasteiger partial charge is 0.121 e. The standard InChI is InChI=1S/C14H20ClNO2/c1-11-9-13(15)10-12(14(11)17)3-2-4-16-5-7-18-8-6-16/h9-10,17H,2-8H2,1H3. The number of hydrogen-bond donors (Lipinski definition) is 1. The average Bonchev–Trinajstić information content (AvgIpc) is 2.36. The van der Waals surface area contributed by atoms with Crippen LogP contribution in [0.5, 0.6) is 5.75 Å². The predicted molar refractivity (Wildman–Crippen MR) is 73.4 cm³/mol. The minimum absolute atomic E-state index is 0.390. The number of aromatic hydroxyl groups is 1. The molecule has 3 nitrogen and oxygen atoms in total. The van der Waals surface area contributed by atoms with Crippen molar-refractivity contribution in [3.63, 3.8) is 0 Å². The van der Waals surface area contributed by atoms with E-state index in [1.807, 2.05) is 13.0 Å². The molecule has 1 N–H and O–H groups in total. The van der Waals surface area contributed by atoms with Crippen molar-refractivity contribution in [3.8, 4) is 5.75 Å². The summed E-state index contributed by atoms with van der Waals surface area (Å²) in [5.74, 6) is 0.390. The zero-order chi connectivity index (χ0) is 13.0. The van der Waals surface area contributed by atoms with Gasteiger partial charge in [0, 0.05) is 18.1 Å². The van der Waals surface area contributed by atoms with E-state index in [0.717, 1.165) is 56.8 Å². The van der Waals surface area contributed by atoms with E-state index >= 15 is 0 Å². The summed E-state index contributed by atoms with van der Waals surface area (Å²) in [4.78, 5) is 2.40. The van der Waals surface area contributed by atoms with Crippen LogP contribution >= 0.6 is 11.6 Å². The first kappa shape index (κ1) is 13.7. The van der Waals surface area contributed by atoms with E-state index in [1.165, 1.54) is 0 Å². The molecule has 1 saturated heterocycles. The minimum Gasteiger partial charge on any atom is -0.507 e.